The highest BCUT2D eigenvalue weighted by atomic mass is 16.1. The quantitative estimate of drug-likeness (QED) is 0.819. The molecule has 0 saturated carbocycles. The summed E-state index contributed by atoms with van der Waals surface area (Å²) in [5, 5.41) is 6.21. The summed E-state index contributed by atoms with van der Waals surface area (Å²) in [5.74, 6) is -0.210. The van der Waals surface area contributed by atoms with Gasteiger partial charge < -0.3 is 15.5 Å². The first-order valence-electron chi connectivity index (χ1n) is 8.73. The molecule has 1 aromatic heterocycles. The number of aromatic nitrogens is 1. The van der Waals surface area contributed by atoms with Crippen molar-refractivity contribution in [3.63, 3.8) is 0 Å². The Labute approximate surface area is 150 Å². The van der Waals surface area contributed by atoms with Crippen LogP contribution < -0.4 is 15.5 Å². The molecule has 5 heteroatoms. The van der Waals surface area contributed by atoms with Gasteiger partial charge in [-0.05, 0) is 71.0 Å². The maximum absolute atomic E-state index is 12.3. The van der Waals surface area contributed by atoms with Crippen LogP contribution in [0.4, 0.5) is 17.1 Å². The summed E-state index contributed by atoms with van der Waals surface area (Å²) in [6.45, 7) is 12.4. The minimum atomic E-state index is -0.210. The Morgan fingerprint density at radius 1 is 1.00 bits per heavy atom. The van der Waals surface area contributed by atoms with Crippen molar-refractivity contribution in [2.75, 3.05) is 28.6 Å². The van der Waals surface area contributed by atoms with E-state index in [4.69, 9.17) is 0 Å². The van der Waals surface area contributed by atoms with Gasteiger partial charge in [0.1, 0.15) is 5.69 Å². The van der Waals surface area contributed by atoms with E-state index in [1.165, 1.54) is 0 Å². The van der Waals surface area contributed by atoms with Gasteiger partial charge in [0.25, 0.3) is 5.91 Å². The van der Waals surface area contributed by atoms with Crippen LogP contribution in [0.25, 0.3) is 0 Å². The van der Waals surface area contributed by atoms with Crippen LogP contribution >= 0.6 is 0 Å². The summed E-state index contributed by atoms with van der Waals surface area (Å²) in [6, 6.07) is 11.5. The maximum atomic E-state index is 12.3. The van der Waals surface area contributed by atoms with Crippen LogP contribution in [0.2, 0.25) is 0 Å². The van der Waals surface area contributed by atoms with E-state index >= 15 is 0 Å². The Balaban J connectivity index is 2.02. The van der Waals surface area contributed by atoms with Crippen molar-refractivity contribution in [2.24, 2.45) is 0 Å². The second kappa shape index (κ2) is 8.01. The third-order valence-corrected chi connectivity index (χ3v) is 3.77. The number of hydrogen-bond donors (Lipinski definition) is 2. The van der Waals surface area contributed by atoms with Gasteiger partial charge >= 0.3 is 0 Å². The molecule has 1 amide bonds. The molecule has 0 aliphatic carbocycles. The highest BCUT2D eigenvalue weighted by Crippen LogP contribution is 2.18. The van der Waals surface area contributed by atoms with Crippen LogP contribution in [-0.4, -0.2) is 29.5 Å². The van der Waals surface area contributed by atoms with Gasteiger partial charge in [-0.1, -0.05) is 0 Å². The molecule has 0 atom stereocenters. The number of carbonyl (C=O) groups is 1. The fourth-order valence-corrected chi connectivity index (χ4v) is 2.57. The van der Waals surface area contributed by atoms with E-state index in [9.17, 15) is 4.79 Å². The molecule has 2 aromatic rings. The Bertz CT molecular complexity index is 683. The van der Waals surface area contributed by atoms with Gasteiger partial charge in [0.05, 0.1) is 11.9 Å². The Hall–Kier alpha value is -2.56. The largest absolute Gasteiger partial charge is 0.379 e. The van der Waals surface area contributed by atoms with Gasteiger partial charge in [-0.15, -0.1) is 0 Å². The van der Waals surface area contributed by atoms with Crippen LogP contribution in [0, 0.1) is 0 Å². The minimum Gasteiger partial charge on any atom is -0.379 e. The van der Waals surface area contributed by atoms with E-state index < -0.39 is 0 Å². The van der Waals surface area contributed by atoms with Crippen molar-refractivity contribution in [1.29, 1.82) is 0 Å². The highest BCUT2D eigenvalue weighted by molar-refractivity contribution is 6.03. The number of carbonyl (C=O) groups excluding carboxylic acids is 1. The number of rotatable bonds is 6. The molecule has 0 aliphatic rings. The molecule has 0 spiro atoms. The predicted molar refractivity (Wildman–Crippen MR) is 106 cm³/mol. The maximum Gasteiger partial charge on any atom is 0.274 e. The number of pyridine rings is 1. The average Bonchev–Trinajstić information content (AvgIpc) is 2.56. The fraction of sp³-hybridized carbons (Fsp3) is 0.400. The second-order valence-electron chi connectivity index (χ2n) is 6.98. The van der Waals surface area contributed by atoms with Gasteiger partial charge in [0.2, 0.25) is 0 Å². The molecule has 0 saturated heterocycles. The standard InChI is InChI=1S/C20H28N4O/c1-6-24(7-2)17-11-8-15(9-12-17)22-19(25)18-13-10-16(14-21-18)23-20(3,4)5/h8-14,23H,6-7H2,1-5H3,(H,22,25). The summed E-state index contributed by atoms with van der Waals surface area (Å²) >= 11 is 0. The molecule has 134 valence electrons. The number of hydrogen-bond acceptors (Lipinski definition) is 4. The van der Waals surface area contributed by atoms with Crippen molar-refractivity contribution in [3.8, 4) is 0 Å². The lowest BCUT2D eigenvalue weighted by Gasteiger charge is -2.22. The zero-order valence-corrected chi connectivity index (χ0v) is 15.8. The first-order valence-corrected chi connectivity index (χ1v) is 8.73. The van der Waals surface area contributed by atoms with Gasteiger partial charge in [-0.2, -0.15) is 0 Å². The first-order chi connectivity index (χ1) is 11.8. The van der Waals surface area contributed by atoms with E-state index in [2.05, 4.69) is 55.1 Å². The molecule has 2 rings (SSSR count). The van der Waals surface area contributed by atoms with Gasteiger partial charge in [0, 0.05) is 30.0 Å². The highest BCUT2D eigenvalue weighted by Gasteiger charge is 2.12. The molecule has 25 heavy (non-hydrogen) atoms. The van der Waals surface area contributed by atoms with Crippen molar-refractivity contribution >= 4 is 23.0 Å². The SMILES string of the molecule is CCN(CC)c1ccc(NC(=O)c2ccc(NC(C)(C)C)cn2)cc1. The Kier molecular flexibility index (Phi) is 6.02. The van der Waals surface area contributed by atoms with Crippen molar-refractivity contribution in [2.45, 2.75) is 40.2 Å². The Morgan fingerprint density at radius 2 is 1.60 bits per heavy atom. The van der Waals surface area contributed by atoms with E-state index in [0.29, 0.717) is 5.69 Å². The van der Waals surface area contributed by atoms with Crippen LogP contribution in [0.3, 0.4) is 0 Å². The monoisotopic (exact) mass is 340 g/mol. The molecule has 0 bridgehead atoms. The minimum absolute atomic E-state index is 0.0436. The molecule has 0 aliphatic heterocycles. The summed E-state index contributed by atoms with van der Waals surface area (Å²) in [7, 11) is 0. The molecule has 1 aromatic carbocycles. The van der Waals surface area contributed by atoms with Crippen LogP contribution in [-0.2, 0) is 0 Å². The van der Waals surface area contributed by atoms with E-state index in [1.54, 1.807) is 12.3 Å². The van der Waals surface area contributed by atoms with Gasteiger partial charge in [0.15, 0.2) is 0 Å². The lowest BCUT2D eigenvalue weighted by molar-refractivity contribution is 0.102. The second-order valence-corrected chi connectivity index (χ2v) is 6.98. The number of nitrogens with one attached hydrogen (secondary N) is 2. The Morgan fingerprint density at radius 3 is 2.08 bits per heavy atom. The number of anilines is 3. The van der Waals surface area contributed by atoms with E-state index in [1.807, 2.05) is 30.3 Å². The third-order valence-electron chi connectivity index (χ3n) is 3.77. The number of nitrogens with zero attached hydrogens (tertiary/aromatic N) is 2. The predicted octanol–water partition coefficient (Wildman–Crippen LogP) is 4.39. The van der Waals surface area contributed by atoms with Crippen LogP contribution in [0.15, 0.2) is 42.6 Å². The van der Waals surface area contributed by atoms with E-state index in [-0.39, 0.29) is 11.4 Å². The molecule has 1 heterocycles. The summed E-state index contributed by atoms with van der Waals surface area (Å²) in [4.78, 5) is 18.8. The molecule has 0 fully saturated rings. The molecular formula is C20H28N4O. The number of amides is 1. The molecule has 2 N–H and O–H groups in total. The molecular weight excluding hydrogens is 312 g/mol. The van der Waals surface area contributed by atoms with Crippen LogP contribution in [0.1, 0.15) is 45.1 Å². The van der Waals surface area contributed by atoms with Crippen LogP contribution in [0.5, 0.6) is 0 Å². The van der Waals surface area contributed by atoms with Gasteiger partial charge in [-0.3, -0.25) is 4.79 Å². The molecule has 0 radical (unpaired) electrons. The lowest BCUT2D eigenvalue weighted by atomic mass is 10.1. The van der Waals surface area contributed by atoms with Crippen molar-refractivity contribution in [3.05, 3.63) is 48.3 Å². The zero-order chi connectivity index (χ0) is 18.4. The summed E-state index contributed by atoms with van der Waals surface area (Å²) < 4.78 is 0. The van der Waals surface area contributed by atoms with Crippen molar-refractivity contribution < 1.29 is 4.79 Å². The molecule has 0 unspecified atom stereocenters. The van der Waals surface area contributed by atoms with E-state index in [0.717, 1.165) is 30.2 Å². The van der Waals surface area contributed by atoms with Gasteiger partial charge in [-0.25, -0.2) is 4.98 Å². The third kappa shape index (κ3) is 5.48. The summed E-state index contributed by atoms with van der Waals surface area (Å²) in [6.07, 6.45) is 1.68. The molecule has 5 nitrogen and oxygen atoms in total. The zero-order valence-electron chi connectivity index (χ0n) is 15.8. The smallest absolute Gasteiger partial charge is 0.274 e. The lowest BCUT2D eigenvalue weighted by Crippen LogP contribution is -2.26. The summed E-state index contributed by atoms with van der Waals surface area (Å²) in [5.41, 5.74) is 3.16. The first kappa shape index (κ1) is 18.8. The average molecular weight is 340 g/mol. The normalized spacial score (nSPS) is 11.1. The number of benzene rings is 1. The van der Waals surface area contributed by atoms with Crippen molar-refractivity contribution in [1.82, 2.24) is 4.98 Å². The topological polar surface area (TPSA) is 57.3 Å². The fourth-order valence-electron chi connectivity index (χ4n) is 2.57.